The van der Waals surface area contributed by atoms with E-state index in [1.165, 1.54) is 32.1 Å². The zero-order valence-electron chi connectivity index (χ0n) is 13.2. The van der Waals surface area contributed by atoms with Gasteiger partial charge in [-0.15, -0.1) is 0 Å². The number of hydrogen-bond donors (Lipinski definition) is 0. The zero-order valence-corrected chi connectivity index (χ0v) is 15.2. The summed E-state index contributed by atoms with van der Waals surface area (Å²) in [6, 6.07) is 0. The fraction of sp³-hybridized carbons (Fsp3) is 0.750. The van der Waals surface area contributed by atoms with Crippen LogP contribution in [0.4, 0.5) is 0 Å². The highest BCUT2D eigenvalue weighted by molar-refractivity contribution is 6.88. The molecule has 0 aromatic rings. The van der Waals surface area contributed by atoms with E-state index in [1.54, 1.807) is 5.57 Å². The van der Waals surface area contributed by atoms with E-state index in [-0.39, 0.29) is 0 Å². The summed E-state index contributed by atoms with van der Waals surface area (Å²) in [5.74, 6) is 0. The molecule has 2 heteroatoms. The summed E-state index contributed by atoms with van der Waals surface area (Å²) in [6.45, 7) is 15.3. The Morgan fingerprint density at radius 3 is 2.11 bits per heavy atom. The summed E-state index contributed by atoms with van der Waals surface area (Å²) in [6.07, 6.45) is 9.71. The van der Waals surface area contributed by atoms with Gasteiger partial charge in [0.05, 0.1) is 16.1 Å². The van der Waals surface area contributed by atoms with Gasteiger partial charge in [-0.2, -0.15) is 0 Å². The first-order valence-electron chi connectivity index (χ1n) is 7.62. The molecular formula is C16H30Si2. The molecule has 0 N–H and O–H groups in total. The molecule has 0 aliphatic heterocycles. The van der Waals surface area contributed by atoms with E-state index in [0.717, 1.165) is 5.54 Å². The summed E-state index contributed by atoms with van der Waals surface area (Å²) in [5.41, 5.74) is 4.50. The molecule has 0 fully saturated rings. The second-order valence-electron chi connectivity index (χ2n) is 8.31. The van der Waals surface area contributed by atoms with Gasteiger partial charge in [-0.1, -0.05) is 56.1 Å². The lowest BCUT2D eigenvalue weighted by atomic mass is 9.85. The van der Waals surface area contributed by atoms with Gasteiger partial charge >= 0.3 is 0 Å². The van der Waals surface area contributed by atoms with Gasteiger partial charge in [-0.25, -0.2) is 0 Å². The Hall–Kier alpha value is -0.0862. The topological polar surface area (TPSA) is 0 Å². The Morgan fingerprint density at radius 1 is 0.944 bits per heavy atom. The normalized spacial score (nSPS) is 25.9. The van der Waals surface area contributed by atoms with Crippen LogP contribution in [-0.4, -0.2) is 16.1 Å². The van der Waals surface area contributed by atoms with Gasteiger partial charge < -0.3 is 0 Å². The molecule has 2 aliphatic rings. The zero-order chi connectivity index (χ0) is 13.6. The molecule has 0 bridgehead atoms. The summed E-state index contributed by atoms with van der Waals surface area (Å²) < 4.78 is 0. The van der Waals surface area contributed by atoms with Crippen molar-refractivity contribution in [3.05, 3.63) is 22.4 Å². The lowest BCUT2D eigenvalue weighted by Gasteiger charge is -2.41. The maximum absolute atomic E-state index is 2.67. The van der Waals surface area contributed by atoms with Crippen LogP contribution in [0.15, 0.2) is 22.4 Å². The van der Waals surface area contributed by atoms with Crippen molar-refractivity contribution in [1.29, 1.82) is 0 Å². The molecule has 0 saturated heterocycles. The van der Waals surface area contributed by atoms with Crippen molar-refractivity contribution in [1.82, 2.24) is 0 Å². The molecule has 0 spiro atoms. The van der Waals surface area contributed by atoms with Crippen LogP contribution in [0.3, 0.4) is 0 Å². The Bertz CT molecular complexity index is 388. The Labute approximate surface area is 116 Å². The van der Waals surface area contributed by atoms with Crippen molar-refractivity contribution < 1.29 is 0 Å². The third-order valence-corrected chi connectivity index (χ3v) is 9.82. The van der Waals surface area contributed by atoms with Gasteiger partial charge in [0.25, 0.3) is 0 Å². The van der Waals surface area contributed by atoms with Gasteiger partial charge in [0.1, 0.15) is 0 Å². The highest BCUT2D eigenvalue weighted by Gasteiger charge is 2.38. The minimum absolute atomic E-state index is 0.931. The van der Waals surface area contributed by atoms with E-state index in [1.807, 2.05) is 10.8 Å². The summed E-state index contributed by atoms with van der Waals surface area (Å²) in [5, 5.41) is 1.89. The Balaban J connectivity index is 2.41. The highest BCUT2D eigenvalue weighted by Crippen LogP contribution is 2.47. The summed E-state index contributed by atoms with van der Waals surface area (Å²) >= 11 is 0. The predicted octanol–water partition coefficient (Wildman–Crippen LogP) is 5.77. The van der Waals surface area contributed by atoms with Crippen LogP contribution >= 0.6 is 0 Å². The van der Waals surface area contributed by atoms with Gasteiger partial charge in [0, 0.05) is 0 Å². The standard InChI is InChI=1S/C16H30Si2/c1-17(2,3)15-11-13-9-7-8-10-14(13)12-16(15)18(4,5)6/h11,16H,7-10,12H2,1-6H3. The van der Waals surface area contributed by atoms with Crippen LogP contribution in [0, 0.1) is 0 Å². The lowest BCUT2D eigenvalue weighted by Crippen LogP contribution is -2.39. The van der Waals surface area contributed by atoms with E-state index in [2.05, 4.69) is 45.4 Å². The first-order valence-corrected chi connectivity index (χ1v) is 14.7. The van der Waals surface area contributed by atoms with Crippen molar-refractivity contribution in [3.63, 3.8) is 0 Å². The van der Waals surface area contributed by atoms with Crippen LogP contribution in [0.25, 0.3) is 0 Å². The van der Waals surface area contributed by atoms with Crippen LogP contribution < -0.4 is 0 Å². The fourth-order valence-electron chi connectivity index (χ4n) is 3.56. The minimum Gasteiger partial charge on any atom is -0.0800 e. The van der Waals surface area contributed by atoms with Crippen molar-refractivity contribution in [2.45, 2.75) is 76.9 Å². The van der Waals surface area contributed by atoms with Crippen molar-refractivity contribution in [2.75, 3.05) is 0 Å². The molecule has 102 valence electrons. The van der Waals surface area contributed by atoms with Gasteiger partial charge in [-0.3, -0.25) is 0 Å². The molecule has 0 heterocycles. The second kappa shape index (κ2) is 4.79. The Morgan fingerprint density at radius 2 is 1.56 bits per heavy atom. The highest BCUT2D eigenvalue weighted by atomic mass is 28.3. The maximum Gasteiger partial charge on any atom is 0.0724 e. The molecule has 1 atom stereocenters. The predicted molar refractivity (Wildman–Crippen MR) is 88.6 cm³/mol. The van der Waals surface area contributed by atoms with Gasteiger partial charge in [-0.05, 0) is 43.2 Å². The maximum atomic E-state index is 2.67. The van der Waals surface area contributed by atoms with Crippen molar-refractivity contribution in [2.24, 2.45) is 0 Å². The van der Waals surface area contributed by atoms with Gasteiger partial charge in [0.2, 0.25) is 0 Å². The van der Waals surface area contributed by atoms with Crippen LogP contribution in [0.2, 0.25) is 44.8 Å². The number of allylic oxidation sites excluding steroid dienone is 4. The molecule has 2 aliphatic carbocycles. The lowest BCUT2D eigenvalue weighted by molar-refractivity contribution is 0.644. The third-order valence-electron chi connectivity index (χ3n) is 4.70. The van der Waals surface area contributed by atoms with Gasteiger partial charge in [0.15, 0.2) is 0 Å². The third kappa shape index (κ3) is 2.90. The van der Waals surface area contributed by atoms with Crippen molar-refractivity contribution in [3.8, 4) is 0 Å². The fourth-order valence-corrected chi connectivity index (χ4v) is 9.78. The first-order chi connectivity index (χ1) is 8.19. The Kier molecular flexibility index (Phi) is 3.81. The van der Waals surface area contributed by atoms with E-state index in [0.29, 0.717) is 0 Å². The smallest absolute Gasteiger partial charge is 0.0724 e. The largest absolute Gasteiger partial charge is 0.0800 e. The molecular weight excluding hydrogens is 248 g/mol. The molecule has 2 rings (SSSR count). The molecule has 0 aromatic heterocycles. The average molecular weight is 279 g/mol. The molecule has 18 heavy (non-hydrogen) atoms. The molecule has 0 amide bonds. The SMILES string of the molecule is C[Si](C)(C)C1=CC2=C(CCCC2)CC1[Si](C)(C)C. The van der Waals surface area contributed by atoms with E-state index < -0.39 is 16.1 Å². The summed E-state index contributed by atoms with van der Waals surface area (Å²) in [7, 11) is -2.22. The van der Waals surface area contributed by atoms with Crippen LogP contribution in [0.1, 0.15) is 32.1 Å². The van der Waals surface area contributed by atoms with E-state index in [9.17, 15) is 0 Å². The quantitative estimate of drug-likeness (QED) is 0.562. The minimum atomic E-state index is -1.14. The molecule has 0 saturated carbocycles. The van der Waals surface area contributed by atoms with Crippen LogP contribution in [-0.2, 0) is 0 Å². The number of hydrogen-bond acceptors (Lipinski definition) is 0. The summed E-state index contributed by atoms with van der Waals surface area (Å²) in [4.78, 5) is 0. The van der Waals surface area contributed by atoms with E-state index >= 15 is 0 Å². The van der Waals surface area contributed by atoms with E-state index in [4.69, 9.17) is 0 Å². The molecule has 0 radical (unpaired) electrons. The first kappa shape index (κ1) is 14.3. The van der Waals surface area contributed by atoms with Crippen LogP contribution in [0.5, 0.6) is 0 Å². The van der Waals surface area contributed by atoms with Crippen molar-refractivity contribution >= 4 is 16.1 Å². The average Bonchev–Trinajstić information content (AvgIpc) is 2.25. The number of rotatable bonds is 2. The molecule has 0 nitrogen and oxygen atoms in total. The molecule has 0 aromatic carbocycles. The molecule has 1 unspecified atom stereocenters. The second-order valence-corrected chi connectivity index (χ2v) is 18.8. The monoisotopic (exact) mass is 278 g/mol.